The number of carbonyl (C=O) groups is 2. The number of fused-ring (bicyclic) bond motifs is 1. The molecule has 46 heavy (non-hydrogen) atoms. The van der Waals surface area contributed by atoms with E-state index in [1.165, 1.54) is 9.31 Å². The van der Waals surface area contributed by atoms with Gasteiger partial charge in [0, 0.05) is 19.5 Å². The number of hydrazine groups is 1. The number of aliphatic hydroxyl groups is 1. The maximum absolute atomic E-state index is 14.1. The molecule has 3 aromatic carbocycles. The van der Waals surface area contributed by atoms with Crippen molar-refractivity contribution >= 4 is 32.6 Å². The van der Waals surface area contributed by atoms with E-state index < -0.39 is 22.2 Å². The monoisotopic (exact) mass is 650 g/mol. The van der Waals surface area contributed by atoms with E-state index in [-0.39, 0.29) is 61.0 Å². The van der Waals surface area contributed by atoms with Crippen LogP contribution >= 0.6 is 0 Å². The number of hydrogen-bond donors (Lipinski definition) is 2. The van der Waals surface area contributed by atoms with Gasteiger partial charge in [-0.05, 0) is 72.7 Å². The molecule has 9 nitrogen and oxygen atoms in total. The molecule has 4 rings (SSSR count). The number of nitrogens with one attached hydrogen (secondary N) is 1. The number of rotatable bonds is 15. The Morgan fingerprint density at radius 1 is 0.913 bits per heavy atom. The zero-order chi connectivity index (χ0) is 33.3. The highest BCUT2D eigenvalue weighted by atomic mass is 32.2. The van der Waals surface area contributed by atoms with Crippen LogP contribution in [0.5, 0.6) is 0 Å². The Labute approximate surface area is 274 Å². The molecule has 1 unspecified atom stereocenters. The summed E-state index contributed by atoms with van der Waals surface area (Å²) in [5.41, 5.74) is 3.71. The zero-order valence-electron chi connectivity index (χ0n) is 27.6. The van der Waals surface area contributed by atoms with Crippen LogP contribution in [0.4, 0.5) is 0 Å². The van der Waals surface area contributed by atoms with Gasteiger partial charge in [-0.15, -0.1) is 0 Å². The number of likely N-dealkylation sites (tertiary alicyclic amines) is 1. The molecule has 0 aromatic heterocycles. The number of nitrogens with zero attached hydrogens (tertiary/aromatic N) is 3. The van der Waals surface area contributed by atoms with Crippen LogP contribution in [0, 0.1) is 11.8 Å². The molecule has 3 aromatic rings. The summed E-state index contributed by atoms with van der Waals surface area (Å²) >= 11 is 0. The van der Waals surface area contributed by atoms with Crippen molar-refractivity contribution in [3.05, 3.63) is 78.4 Å². The molecular weight excluding hydrogens is 600 g/mol. The van der Waals surface area contributed by atoms with Crippen LogP contribution in [0.3, 0.4) is 0 Å². The smallest absolute Gasteiger partial charge is 0.252 e. The van der Waals surface area contributed by atoms with Gasteiger partial charge in [0.2, 0.25) is 15.9 Å². The first-order valence-electron chi connectivity index (χ1n) is 16.5. The third kappa shape index (κ3) is 9.61. The van der Waals surface area contributed by atoms with Crippen LogP contribution in [0.2, 0.25) is 0 Å². The fourth-order valence-electron chi connectivity index (χ4n) is 5.92. The highest BCUT2D eigenvalue weighted by molar-refractivity contribution is 7.89. The lowest BCUT2D eigenvalue weighted by atomic mass is 9.98. The number of hydrogen-bond acceptors (Lipinski definition) is 6. The van der Waals surface area contributed by atoms with Crippen molar-refractivity contribution in [3.63, 3.8) is 0 Å². The molecular formula is C36H50N4O5S. The minimum atomic E-state index is -4.02. The molecule has 2 N–H and O–H groups in total. The van der Waals surface area contributed by atoms with Crippen LogP contribution in [0.25, 0.3) is 10.8 Å². The van der Waals surface area contributed by atoms with Crippen molar-refractivity contribution in [3.8, 4) is 0 Å². The maximum atomic E-state index is 14.1. The molecule has 10 heteroatoms. The third-order valence-corrected chi connectivity index (χ3v) is 10.5. The molecule has 1 saturated heterocycles. The molecule has 1 heterocycles. The molecule has 1 fully saturated rings. The first-order chi connectivity index (χ1) is 22.0. The average molecular weight is 651 g/mol. The van der Waals surface area contributed by atoms with Crippen molar-refractivity contribution < 1.29 is 23.1 Å². The van der Waals surface area contributed by atoms with Crippen molar-refractivity contribution in [1.82, 2.24) is 19.6 Å². The highest BCUT2D eigenvalue weighted by Gasteiger charge is 2.36. The van der Waals surface area contributed by atoms with Gasteiger partial charge in [0.25, 0.3) is 5.91 Å². The van der Waals surface area contributed by atoms with Gasteiger partial charge >= 0.3 is 0 Å². The number of sulfonamides is 1. The standard InChI is InChI=1S/C36H50N4O5S/c1-5-28(4)21-36(43)40(37-35(42)26-38-19-11-12-20-38)33(22-29-13-7-6-8-14-29)34(41)25-39(24-27(2)3)46(44,45)32-18-17-30-15-9-10-16-31(30)23-32/h6-10,13-18,23,27-28,33-34,41H,5,11-12,19-22,24-26H2,1-4H3,(H,37,42)/t28-,33?,34+/m0/s1. The van der Waals surface area contributed by atoms with E-state index in [2.05, 4.69) is 10.3 Å². The summed E-state index contributed by atoms with van der Waals surface area (Å²) in [5.74, 6) is -0.603. The normalized spacial score (nSPS) is 16.1. The summed E-state index contributed by atoms with van der Waals surface area (Å²) in [5, 5.41) is 15.0. The third-order valence-electron chi connectivity index (χ3n) is 8.68. The van der Waals surface area contributed by atoms with Crippen molar-refractivity contribution in [2.45, 2.75) is 76.8 Å². The Kier molecular flexibility index (Phi) is 12.7. The Morgan fingerprint density at radius 3 is 2.22 bits per heavy atom. The topological polar surface area (TPSA) is 110 Å². The van der Waals surface area contributed by atoms with Gasteiger partial charge in [0.15, 0.2) is 0 Å². The minimum absolute atomic E-state index is 0.0293. The number of benzene rings is 3. The molecule has 2 amide bonds. The van der Waals surface area contributed by atoms with E-state index in [1.54, 1.807) is 18.2 Å². The first kappa shape index (κ1) is 35.5. The summed E-state index contributed by atoms with van der Waals surface area (Å²) in [6, 6.07) is 21.2. The quantitative estimate of drug-likeness (QED) is 0.228. The van der Waals surface area contributed by atoms with Gasteiger partial charge in [-0.2, -0.15) is 4.31 Å². The molecule has 1 aliphatic rings. The van der Waals surface area contributed by atoms with E-state index in [4.69, 9.17) is 0 Å². The van der Waals surface area contributed by atoms with Crippen molar-refractivity contribution in [2.24, 2.45) is 11.8 Å². The summed E-state index contributed by atoms with van der Waals surface area (Å²) in [6.07, 6.45) is 1.93. The van der Waals surface area contributed by atoms with Crippen LogP contribution < -0.4 is 5.43 Å². The first-order valence-corrected chi connectivity index (χ1v) is 18.0. The summed E-state index contributed by atoms with van der Waals surface area (Å²) in [7, 11) is -4.02. The highest BCUT2D eigenvalue weighted by Crippen LogP contribution is 2.25. The molecule has 1 aliphatic heterocycles. The predicted molar refractivity (Wildman–Crippen MR) is 182 cm³/mol. The summed E-state index contributed by atoms with van der Waals surface area (Å²) in [4.78, 5) is 29.4. The summed E-state index contributed by atoms with van der Waals surface area (Å²) < 4.78 is 29.6. The SMILES string of the molecule is CC[C@H](C)CC(=O)N(NC(=O)CN1CCCC1)C(Cc1ccccc1)[C@H](O)CN(CC(C)C)S(=O)(=O)c1ccc2ccccc2c1. The second kappa shape index (κ2) is 16.5. The molecule has 0 bridgehead atoms. The fraction of sp³-hybridized carbons (Fsp3) is 0.500. The van der Waals surface area contributed by atoms with Crippen LogP contribution in [-0.4, -0.2) is 84.4 Å². The van der Waals surface area contributed by atoms with Crippen LogP contribution in [-0.2, 0) is 26.0 Å². The van der Waals surface area contributed by atoms with Gasteiger partial charge < -0.3 is 5.11 Å². The van der Waals surface area contributed by atoms with Gasteiger partial charge in [-0.1, -0.05) is 94.8 Å². The molecule has 3 atom stereocenters. The molecule has 250 valence electrons. The number of carbonyl (C=O) groups excluding carboxylic acids is 2. The van der Waals surface area contributed by atoms with Gasteiger partial charge in [0.05, 0.1) is 23.6 Å². The summed E-state index contributed by atoms with van der Waals surface area (Å²) in [6.45, 7) is 9.55. The van der Waals surface area contributed by atoms with Gasteiger partial charge in [-0.25, -0.2) is 13.4 Å². The zero-order valence-corrected chi connectivity index (χ0v) is 28.5. The fourth-order valence-corrected chi connectivity index (χ4v) is 7.58. The largest absolute Gasteiger partial charge is 0.390 e. The molecule has 0 radical (unpaired) electrons. The van der Waals surface area contributed by atoms with Crippen molar-refractivity contribution in [2.75, 3.05) is 32.7 Å². The lowest BCUT2D eigenvalue weighted by Gasteiger charge is -2.37. The van der Waals surface area contributed by atoms with Gasteiger partial charge in [0.1, 0.15) is 0 Å². The maximum Gasteiger partial charge on any atom is 0.252 e. The second-order valence-corrected chi connectivity index (χ2v) is 15.0. The lowest BCUT2D eigenvalue weighted by molar-refractivity contribution is -0.149. The van der Waals surface area contributed by atoms with E-state index in [1.807, 2.05) is 82.3 Å². The van der Waals surface area contributed by atoms with E-state index >= 15 is 0 Å². The Hall–Kier alpha value is -3.31. The van der Waals surface area contributed by atoms with Crippen molar-refractivity contribution in [1.29, 1.82) is 0 Å². The Balaban J connectivity index is 1.69. The van der Waals surface area contributed by atoms with E-state index in [0.29, 0.717) is 0 Å². The van der Waals surface area contributed by atoms with Crippen LogP contribution in [0.1, 0.15) is 58.9 Å². The number of amides is 2. The second-order valence-electron chi connectivity index (χ2n) is 13.0. The minimum Gasteiger partial charge on any atom is -0.390 e. The Bertz CT molecular complexity index is 1540. The molecule has 0 saturated carbocycles. The van der Waals surface area contributed by atoms with E-state index in [9.17, 15) is 23.1 Å². The predicted octanol–water partition coefficient (Wildman–Crippen LogP) is 4.85. The number of aliphatic hydroxyl groups excluding tert-OH is 1. The van der Waals surface area contributed by atoms with Gasteiger partial charge in [-0.3, -0.25) is 19.9 Å². The Morgan fingerprint density at radius 2 is 1.57 bits per heavy atom. The lowest BCUT2D eigenvalue weighted by Crippen LogP contribution is -2.60. The molecule has 0 spiro atoms. The van der Waals surface area contributed by atoms with Crippen LogP contribution in [0.15, 0.2) is 77.7 Å². The molecule has 0 aliphatic carbocycles. The average Bonchev–Trinajstić information content (AvgIpc) is 3.55. The van der Waals surface area contributed by atoms with E-state index in [0.717, 1.165) is 48.7 Å².